The molecule has 456 valence electrons. The molecule has 0 aromatic rings. The lowest BCUT2D eigenvalue weighted by Gasteiger charge is -2.18. The molecule has 0 aliphatic carbocycles. The van der Waals surface area contributed by atoms with Crippen molar-refractivity contribution < 1.29 is 28.6 Å². The second-order valence-electron chi connectivity index (χ2n) is 22.0. The van der Waals surface area contributed by atoms with E-state index in [9.17, 15) is 14.4 Å². The Balaban J connectivity index is 4.43. The molecule has 0 saturated carbocycles. The molecule has 0 N–H and O–H groups in total. The van der Waals surface area contributed by atoms with Crippen LogP contribution >= 0.6 is 0 Å². The van der Waals surface area contributed by atoms with Gasteiger partial charge in [0.2, 0.25) is 0 Å². The first kappa shape index (κ1) is 75.8. The Morgan fingerprint density at radius 3 is 0.762 bits per heavy atom. The number of hydrogen-bond donors (Lipinski definition) is 0. The molecule has 0 rings (SSSR count). The van der Waals surface area contributed by atoms with Crippen LogP contribution in [0.15, 0.2) is 122 Å². The molecular formula is C74H124O6. The van der Waals surface area contributed by atoms with Gasteiger partial charge in [-0.3, -0.25) is 14.4 Å². The van der Waals surface area contributed by atoms with Crippen molar-refractivity contribution in [3.63, 3.8) is 0 Å². The minimum atomic E-state index is -0.798. The molecule has 0 spiro atoms. The van der Waals surface area contributed by atoms with Gasteiger partial charge in [-0.25, -0.2) is 0 Å². The fourth-order valence-electron chi connectivity index (χ4n) is 9.26. The zero-order valence-corrected chi connectivity index (χ0v) is 52.3. The summed E-state index contributed by atoms with van der Waals surface area (Å²) in [6, 6.07) is 0. The van der Waals surface area contributed by atoms with Crippen LogP contribution in [0.25, 0.3) is 0 Å². The zero-order chi connectivity index (χ0) is 57.8. The van der Waals surface area contributed by atoms with Crippen LogP contribution in [0.4, 0.5) is 0 Å². The number of allylic oxidation sites excluding steroid dienone is 20. The van der Waals surface area contributed by atoms with Gasteiger partial charge in [-0.1, -0.05) is 303 Å². The van der Waals surface area contributed by atoms with Gasteiger partial charge in [0.15, 0.2) is 6.10 Å². The van der Waals surface area contributed by atoms with Crippen LogP contribution in [0.1, 0.15) is 310 Å². The van der Waals surface area contributed by atoms with Gasteiger partial charge < -0.3 is 14.2 Å². The maximum Gasteiger partial charge on any atom is 0.306 e. The third kappa shape index (κ3) is 64.6. The van der Waals surface area contributed by atoms with Crippen molar-refractivity contribution in [2.45, 2.75) is 316 Å². The average molecular weight is 1110 g/mol. The van der Waals surface area contributed by atoms with Crippen molar-refractivity contribution in [3.05, 3.63) is 122 Å². The summed E-state index contributed by atoms with van der Waals surface area (Å²) < 4.78 is 16.9. The lowest BCUT2D eigenvalue weighted by Crippen LogP contribution is -2.30. The average Bonchev–Trinajstić information content (AvgIpc) is 3.46. The molecule has 0 radical (unpaired) electrons. The molecule has 0 aromatic carbocycles. The van der Waals surface area contributed by atoms with Crippen molar-refractivity contribution >= 4 is 17.9 Å². The highest BCUT2D eigenvalue weighted by molar-refractivity contribution is 5.71. The van der Waals surface area contributed by atoms with Gasteiger partial charge in [0.1, 0.15) is 13.2 Å². The maximum absolute atomic E-state index is 12.9. The zero-order valence-electron chi connectivity index (χ0n) is 52.3. The molecule has 1 unspecified atom stereocenters. The van der Waals surface area contributed by atoms with E-state index in [4.69, 9.17) is 14.2 Å². The Kier molecular flexibility index (Phi) is 63.8. The van der Waals surface area contributed by atoms with Crippen LogP contribution in [-0.4, -0.2) is 37.2 Å². The number of unbranched alkanes of at least 4 members (excludes halogenated alkanes) is 29. The maximum atomic E-state index is 12.9. The van der Waals surface area contributed by atoms with Gasteiger partial charge in [0, 0.05) is 19.3 Å². The highest BCUT2D eigenvalue weighted by Gasteiger charge is 2.19. The summed E-state index contributed by atoms with van der Waals surface area (Å²) in [4.78, 5) is 38.4. The summed E-state index contributed by atoms with van der Waals surface area (Å²) in [7, 11) is 0. The van der Waals surface area contributed by atoms with E-state index in [-0.39, 0.29) is 31.1 Å². The quantitative estimate of drug-likeness (QED) is 0.0261. The van der Waals surface area contributed by atoms with E-state index in [1.165, 1.54) is 122 Å². The minimum absolute atomic E-state index is 0.0942. The van der Waals surface area contributed by atoms with Crippen LogP contribution in [0.2, 0.25) is 0 Å². The molecule has 0 aliphatic heterocycles. The Labute approximate surface area is 494 Å². The number of carbonyl (C=O) groups is 3. The molecule has 0 fully saturated rings. The first-order valence-electron chi connectivity index (χ1n) is 33.5. The normalized spacial score (nSPS) is 12.9. The molecule has 0 bridgehead atoms. The van der Waals surface area contributed by atoms with Crippen molar-refractivity contribution in [2.75, 3.05) is 13.2 Å². The van der Waals surface area contributed by atoms with Crippen molar-refractivity contribution in [1.82, 2.24) is 0 Å². The monoisotopic (exact) mass is 1110 g/mol. The Morgan fingerprint density at radius 1 is 0.263 bits per heavy atom. The highest BCUT2D eigenvalue weighted by atomic mass is 16.6. The molecule has 0 aromatic heterocycles. The lowest BCUT2D eigenvalue weighted by molar-refractivity contribution is -0.167. The van der Waals surface area contributed by atoms with Crippen LogP contribution in [0.3, 0.4) is 0 Å². The summed E-state index contributed by atoms with van der Waals surface area (Å²) in [5.74, 6) is -0.921. The van der Waals surface area contributed by atoms with Crippen LogP contribution in [0, 0.1) is 0 Å². The predicted octanol–water partition coefficient (Wildman–Crippen LogP) is 23.2. The van der Waals surface area contributed by atoms with E-state index >= 15 is 0 Å². The van der Waals surface area contributed by atoms with Gasteiger partial charge in [-0.05, 0) is 109 Å². The summed E-state index contributed by atoms with van der Waals surface area (Å²) in [6.07, 6.45) is 93.5. The summed E-state index contributed by atoms with van der Waals surface area (Å²) in [5.41, 5.74) is 0. The lowest BCUT2D eigenvalue weighted by atomic mass is 10.0. The Morgan fingerprint density at radius 2 is 0.487 bits per heavy atom. The fraction of sp³-hybridized carbons (Fsp3) is 0.689. The standard InChI is InChI=1S/C74H124O6/c1-4-7-10-13-16-19-22-25-28-31-33-35-36-37-38-39-41-43-46-49-52-55-58-61-64-67-73(76)79-70-71(69-78-72(75)66-63-60-57-54-51-48-45-42-30-27-24-21-18-15-12-9-6-3)80-74(77)68-65-62-59-56-53-50-47-44-40-34-32-29-26-23-20-17-14-11-8-5-2/h7,9-10,12,16,18-19,21,25,27-28,30,33,35,37-38,41,43,45,48,71H,4-6,8,11,13-15,17,20,22-24,26,29,31-32,34,36,39-40,42,44,46-47,49-70H2,1-3H3/b10-7-,12-9-,19-16-,21-18-,28-25-,30-27-,35-33-,38-37-,43-41-,48-45-. The second-order valence-corrected chi connectivity index (χ2v) is 22.0. The molecule has 0 aliphatic rings. The largest absolute Gasteiger partial charge is 0.462 e. The van der Waals surface area contributed by atoms with Crippen molar-refractivity contribution in [3.8, 4) is 0 Å². The topological polar surface area (TPSA) is 78.9 Å². The Hall–Kier alpha value is -4.19. The molecular weight excluding hydrogens is 985 g/mol. The first-order chi connectivity index (χ1) is 39.5. The third-order valence-corrected chi connectivity index (χ3v) is 14.2. The summed E-state index contributed by atoms with van der Waals surface area (Å²) >= 11 is 0. The van der Waals surface area contributed by atoms with Gasteiger partial charge in [-0.2, -0.15) is 0 Å². The number of hydrogen-bond acceptors (Lipinski definition) is 6. The van der Waals surface area contributed by atoms with Gasteiger partial charge in [0.05, 0.1) is 0 Å². The molecule has 0 saturated heterocycles. The van der Waals surface area contributed by atoms with E-state index < -0.39 is 6.10 Å². The summed E-state index contributed by atoms with van der Waals surface area (Å²) in [6.45, 7) is 6.41. The fourth-order valence-corrected chi connectivity index (χ4v) is 9.26. The van der Waals surface area contributed by atoms with Gasteiger partial charge in [-0.15, -0.1) is 0 Å². The highest BCUT2D eigenvalue weighted by Crippen LogP contribution is 2.17. The predicted molar refractivity (Wildman–Crippen MR) is 348 cm³/mol. The van der Waals surface area contributed by atoms with E-state index in [0.717, 1.165) is 148 Å². The number of esters is 3. The number of carbonyl (C=O) groups excluding carboxylic acids is 3. The molecule has 0 amide bonds. The van der Waals surface area contributed by atoms with Crippen molar-refractivity contribution in [2.24, 2.45) is 0 Å². The van der Waals surface area contributed by atoms with E-state index in [0.29, 0.717) is 19.3 Å². The van der Waals surface area contributed by atoms with Crippen LogP contribution in [-0.2, 0) is 28.6 Å². The summed E-state index contributed by atoms with van der Waals surface area (Å²) in [5, 5.41) is 0. The first-order valence-corrected chi connectivity index (χ1v) is 33.5. The molecule has 6 heteroatoms. The van der Waals surface area contributed by atoms with Crippen LogP contribution in [0.5, 0.6) is 0 Å². The van der Waals surface area contributed by atoms with Gasteiger partial charge >= 0.3 is 17.9 Å². The molecule has 80 heavy (non-hydrogen) atoms. The smallest absolute Gasteiger partial charge is 0.306 e. The minimum Gasteiger partial charge on any atom is -0.462 e. The molecule has 1 atom stereocenters. The molecule has 6 nitrogen and oxygen atoms in total. The van der Waals surface area contributed by atoms with E-state index in [1.807, 2.05) is 0 Å². The van der Waals surface area contributed by atoms with Crippen molar-refractivity contribution in [1.29, 1.82) is 0 Å². The van der Waals surface area contributed by atoms with Gasteiger partial charge in [0.25, 0.3) is 0 Å². The van der Waals surface area contributed by atoms with E-state index in [1.54, 1.807) is 0 Å². The third-order valence-electron chi connectivity index (χ3n) is 14.2. The number of ether oxygens (including phenoxy) is 3. The Bertz CT molecular complexity index is 1650. The molecule has 0 heterocycles. The SMILES string of the molecule is CC/C=C\C/C=C\C/C=C\C/C=C\C/C=C\C/C=C\CCCCCCCCC(=O)OCC(COC(=O)CCCCCC/C=C\C/C=C\C/C=C\C/C=C\CC)OC(=O)CCCCCCCCCCCCCCCCCCCCCC. The number of rotatable bonds is 60. The van der Waals surface area contributed by atoms with E-state index in [2.05, 4.69) is 142 Å². The second kappa shape index (κ2) is 67.3. The van der Waals surface area contributed by atoms with Crippen LogP contribution < -0.4 is 0 Å².